The van der Waals surface area contributed by atoms with Gasteiger partial charge in [-0.15, -0.1) is 0 Å². The number of carboxylic acids is 1. The molecule has 2 atom stereocenters. The zero-order valence-electron chi connectivity index (χ0n) is 8.92. The molecule has 3 N–H and O–H groups in total. The van der Waals surface area contributed by atoms with E-state index in [2.05, 4.69) is 15.9 Å². The lowest BCUT2D eigenvalue weighted by Crippen LogP contribution is -2.11. The summed E-state index contributed by atoms with van der Waals surface area (Å²) in [5.74, 6) is -1.76. The molecule has 0 aliphatic carbocycles. The van der Waals surface area contributed by atoms with Gasteiger partial charge in [0.2, 0.25) is 0 Å². The van der Waals surface area contributed by atoms with E-state index >= 15 is 0 Å². The molecule has 0 saturated carbocycles. The minimum absolute atomic E-state index is 0.107. The number of alkyl halides is 1. The number of hydrogen-bond donors (Lipinski definition) is 3. The molecular formula is C11H11BrO5. The van der Waals surface area contributed by atoms with Crippen molar-refractivity contribution < 1.29 is 24.9 Å². The molecule has 17 heavy (non-hydrogen) atoms. The fourth-order valence-corrected chi connectivity index (χ4v) is 1.67. The third-order valence-electron chi connectivity index (χ3n) is 2.23. The largest absolute Gasteiger partial charge is 0.508 e. The van der Waals surface area contributed by atoms with E-state index in [1.165, 1.54) is 25.1 Å². The second-order valence-corrected chi connectivity index (χ2v) is 4.45. The number of hydrogen-bond acceptors (Lipinski definition) is 4. The zero-order valence-corrected chi connectivity index (χ0v) is 10.5. The summed E-state index contributed by atoms with van der Waals surface area (Å²) in [6, 6.07) is 3.82. The third-order valence-corrected chi connectivity index (χ3v) is 3.37. The fourth-order valence-electron chi connectivity index (χ4n) is 1.31. The molecule has 1 aromatic carbocycles. The van der Waals surface area contributed by atoms with Crippen LogP contribution in [0.25, 0.3) is 0 Å². The summed E-state index contributed by atoms with van der Waals surface area (Å²) in [6.45, 7) is 1.33. The number of aromatic hydroxyl groups is 1. The zero-order chi connectivity index (χ0) is 13.2. The van der Waals surface area contributed by atoms with Gasteiger partial charge in [-0.25, -0.2) is 4.79 Å². The quantitative estimate of drug-likeness (QED) is 0.733. The van der Waals surface area contributed by atoms with Crippen LogP contribution in [0.3, 0.4) is 0 Å². The highest BCUT2D eigenvalue weighted by Gasteiger charge is 2.21. The van der Waals surface area contributed by atoms with E-state index in [1.54, 1.807) is 0 Å². The van der Waals surface area contributed by atoms with Crippen molar-refractivity contribution in [2.45, 2.75) is 17.9 Å². The number of carbonyl (C=O) groups excluding carboxylic acids is 1. The van der Waals surface area contributed by atoms with Gasteiger partial charge >= 0.3 is 5.97 Å². The minimum atomic E-state index is -1.68. The Morgan fingerprint density at radius 3 is 2.41 bits per heavy atom. The summed E-state index contributed by atoms with van der Waals surface area (Å²) in [4.78, 5) is 21.1. The smallest absolute Gasteiger partial charge is 0.337 e. The number of aliphatic carboxylic acids is 1. The number of phenolic OH excluding ortho intramolecular Hbond substituents is 1. The summed E-state index contributed by atoms with van der Waals surface area (Å²) < 4.78 is 0. The Hall–Kier alpha value is -1.40. The molecule has 0 aliphatic rings. The third kappa shape index (κ3) is 3.04. The van der Waals surface area contributed by atoms with Crippen LogP contribution in [-0.4, -0.2) is 27.1 Å². The van der Waals surface area contributed by atoms with Gasteiger partial charge in [-0.2, -0.15) is 0 Å². The first-order valence-electron chi connectivity index (χ1n) is 4.72. The Kier molecular flexibility index (Phi) is 4.25. The van der Waals surface area contributed by atoms with Crippen LogP contribution in [-0.2, 0) is 9.59 Å². The normalized spacial score (nSPS) is 14.1. The number of carbonyl (C=O) groups is 2. The molecule has 92 valence electrons. The molecule has 0 amide bonds. The van der Waals surface area contributed by atoms with Crippen molar-refractivity contribution in [2.24, 2.45) is 0 Å². The Morgan fingerprint density at radius 2 is 1.94 bits per heavy atom. The van der Waals surface area contributed by atoms with Crippen LogP contribution in [0.15, 0.2) is 18.2 Å². The fraction of sp³-hybridized carbons (Fsp3) is 0.273. The standard InChI is InChI=1S/C11H11BrO5/c1-5(13)9(12)7-4-6(2-3-8(7)14)10(15)11(16)17/h2-4,9-10,14-15H,1H3,(H,16,17). The predicted molar refractivity (Wildman–Crippen MR) is 63.1 cm³/mol. The summed E-state index contributed by atoms with van der Waals surface area (Å²) >= 11 is 3.08. The molecule has 0 aliphatic heterocycles. The highest BCUT2D eigenvalue weighted by Crippen LogP contribution is 2.33. The number of rotatable bonds is 4. The average molecular weight is 303 g/mol. The number of Topliss-reactive ketones (excluding diaryl/α,β-unsaturated/α-hetero) is 1. The number of halogens is 1. The number of phenols is 1. The van der Waals surface area contributed by atoms with Gasteiger partial charge < -0.3 is 15.3 Å². The molecular weight excluding hydrogens is 292 g/mol. The highest BCUT2D eigenvalue weighted by molar-refractivity contribution is 9.09. The molecule has 0 aromatic heterocycles. The number of aliphatic hydroxyl groups is 1. The molecule has 0 fully saturated rings. The van der Waals surface area contributed by atoms with E-state index in [1.807, 2.05) is 0 Å². The first-order chi connectivity index (χ1) is 7.84. The van der Waals surface area contributed by atoms with Crippen molar-refractivity contribution in [3.8, 4) is 5.75 Å². The Labute approximate surface area is 106 Å². The highest BCUT2D eigenvalue weighted by atomic mass is 79.9. The topological polar surface area (TPSA) is 94.8 Å². The monoisotopic (exact) mass is 302 g/mol. The minimum Gasteiger partial charge on any atom is -0.508 e. The molecule has 0 radical (unpaired) electrons. The lowest BCUT2D eigenvalue weighted by Gasteiger charge is -2.12. The summed E-state index contributed by atoms with van der Waals surface area (Å²) in [6.07, 6.45) is -1.68. The van der Waals surface area contributed by atoms with Gasteiger partial charge in [-0.3, -0.25) is 4.79 Å². The van der Waals surface area contributed by atoms with Gasteiger partial charge in [0.1, 0.15) is 16.4 Å². The van der Waals surface area contributed by atoms with E-state index in [9.17, 15) is 19.8 Å². The molecule has 0 saturated heterocycles. The molecule has 1 aromatic rings. The molecule has 6 heteroatoms. The molecule has 0 heterocycles. The molecule has 5 nitrogen and oxygen atoms in total. The van der Waals surface area contributed by atoms with Gasteiger partial charge in [-0.1, -0.05) is 22.0 Å². The SMILES string of the molecule is CC(=O)C(Br)c1cc(C(O)C(=O)O)ccc1O. The molecule has 2 unspecified atom stereocenters. The number of carboxylic acid groups (broad SMARTS) is 1. The average Bonchev–Trinajstić information content (AvgIpc) is 2.27. The van der Waals surface area contributed by atoms with Crippen molar-refractivity contribution in [3.05, 3.63) is 29.3 Å². The Balaban J connectivity index is 3.19. The Morgan fingerprint density at radius 1 is 1.35 bits per heavy atom. The van der Waals surface area contributed by atoms with Gasteiger partial charge in [0.15, 0.2) is 6.10 Å². The summed E-state index contributed by atoms with van der Waals surface area (Å²) in [5, 5.41) is 27.6. The second kappa shape index (κ2) is 5.29. The van der Waals surface area contributed by atoms with Crippen molar-refractivity contribution in [1.82, 2.24) is 0 Å². The molecule has 1 rings (SSSR count). The van der Waals surface area contributed by atoms with E-state index in [-0.39, 0.29) is 22.7 Å². The van der Waals surface area contributed by atoms with Crippen molar-refractivity contribution in [1.29, 1.82) is 0 Å². The van der Waals surface area contributed by atoms with Crippen molar-refractivity contribution >= 4 is 27.7 Å². The molecule has 0 bridgehead atoms. The van der Waals surface area contributed by atoms with Gasteiger partial charge in [0.05, 0.1) is 0 Å². The lowest BCUT2D eigenvalue weighted by atomic mass is 10.0. The van der Waals surface area contributed by atoms with E-state index in [0.717, 1.165) is 0 Å². The van der Waals surface area contributed by atoms with Gasteiger partial charge in [0, 0.05) is 5.56 Å². The first kappa shape index (κ1) is 13.7. The van der Waals surface area contributed by atoms with Crippen LogP contribution in [0.1, 0.15) is 29.0 Å². The van der Waals surface area contributed by atoms with E-state index in [4.69, 9.17) is 5.11 Å². The maximum absolute atomic E-state index is 11.2. The maximum atomic E-state index is 11.2. The summed E-state index contributed by atoms with van der Waals surface area (Å²) in [7, 11) is 0. The van der Waals surface area contributed by atoms with E-state index < -0.39 is 16.9 Å². The second-order valence-electron chi connectivity index (χ2n) is 3.53. The lowest BCUT2D eigenvalue weighted by molar-refractivity contribution is -0.146. The van der Waals surface area contributed by atoms with Crippen molar-refractivity contribution in [3.63, 3.8) is 0 Å². The Bertz CT molecular complexity index is 457. The van der Waals surface area contributed by atoms with Crippen LogP contribution in [0.5, 0.6) is 5.75 Å². The van der Waals surface area contributed by atoms with Gasteiger partial charge in [-0.05, 0) is 24.6 Å². The maximum Gasteiger partial charge on any atom is 0.337 e. The number of aliphatic hydroxyl groups excluding tert-OH is 1. The first-order valence-corrected chi connectivity index (χ1v) is 5.64. The van der Waals surface area contributed by atoms with Crippen molar-refractivity contribution in [2.75, 3.05) is 0 Å². The number of benzene rings is 1. The van der Waals surface area contributed by atoms with Crippen LogP contribution in [0, 0.1) is 0 Å². The molecule has 0 spiro atoms. The number of ketones is 1. The van der Waals surface area contributed by atoms with Crippen LogP contribution in [0.4, 0.5) is 0 Å². The van der Waals surface area contributed by atoms with Crippen LogP contribution >= 0.6 is 15.9 Å². The van der Waals surface area contributed by atoms with Gasteiger partial charge in [0.25, 0.3) is 0 Å². The predicted octanol–water partition coefficient (Wildman–Crippen LogP) is 1.54. The van der Waals surface area contributed by atoms with Crippen LogP contribution < -0.4 is 0 Å². The van der Waals surface area contributed by atoms with E-state index in [0.29, 0.717) is 0 Å². The summed E-state index contributed by atoms with van der Waals surface area (Å²) in [5.41, 5.74) is 0.339. The van der Waals surface area contributed by atoms with Crippen LogP contribution in [0.2, 0.25) is 0 Å².